The van der Waals surface area contributed by atoms with Crippen molar-refractivity contribution in [2.45, 2.75) is 77.5 Å². The second-order valence-corrected chi connectivity index (χ2v) is 9.80. The molecular formula is C23H40N6O5S. The smallest absolute Gasteiger partial charge is 0.326 e. The third kappa shape index (κ3) is 9.88. The van der Waals surface area contributed by atoms with Crippen molar-refractivity contribution in [3.63, 3.8) is 0 Å². The number of carboxylic acids is 1. The monoisotopic (exact) mass is 512 g/mol. The van der Waals surface area contributed by atoms with Crippen LogP contribution >= 0.6 is 11.8 Å². The zero-order valence-corrected chi connectivity index (χ0v) is 22.0. The molecule has 0 spiro atoms. The van der Waals surface area contributed by atoms with Crippen molar-refractivity contribution in [2.75, 3.05) is 12.0 Å². The molecule has 1 aromatic heterocycles. The van der Waals surface area contributed by atoms with Crippen LogP contribution in [0.3, 0.4) is 0 Å². The summed E-state index contributed by atoms with van der Waals surface area (Å²) in [6, 6.07) is -3.84. The number of rotatable bonds is 16. The van der Waals surface area contributed by atoms with Crippen LogP contribution in [0.2, 0.25) is 0 Å². The van der Waals surface area contributed by atoms with E-state index in [9.17, 15) is 24.3 Å². The van der Waals surface area contributed by atoms with Gasteiger partial charge >= 0.3 is 5.97 Å². The Labute approximate surface area is 211 Å². The highest BCUT2D eigenvalue weighted by molar-refractivity contribution is 7.98. The van der Waals surface area contributed by atoms with Gasteiger partial charge in [-0.3, -0.25) is 14.4 Å². The van der Waals surface area contributed by atoms with Gasteiger partial charge in [0.05, 0.1) is 12.4 Å². The van der Waals surface area contributed by atoms with E-state index in [1.54, 1.807) is 31.8 Å². The Morgan fingerprint density at radius 3 is 2.14 bits per heavy atom. The minimum absolute atomic E-state index is 0.117. The number of nitrogens with two attached hydrogens (primary N) is 1. The van der Waals surface area contributed by atoms with Gasteiger partial charge in [0.15, 0.2) is 0 Å². The fraction of sp³-hybridized carbons (Fsp3) is 0.696. The van der Waals surface area contributed by atoms with Crippen LogP contribution in [0.5, 0.6) is 0 Å². The molecule has 0 aliphatic rings. The molecule has 0 fully saturated rings. The van der Waals surface area contributed by atoms with Crippen LogP contribution in [0, 0.1) is 11.8 Å². The van der Waals surface area contributed by atoms with Crippen molar-refractivity contribution in [2.24, 2.45) is 17.6 Å². The van der Waals surface area contributed by atoms with Gasteiger partial charge in [0.25, 0.3) is 0 Å². The lowest BCUT2D eigenvalue weighted by atomic mass is 9.95. The minimum Gasteiger partial charge on any atom is -0.480 e. The van der Waals surface area contributed by atoms with Crippen molar-refractivity contribution < 1.29 is 24.3 Å². The van der Waals surface area contributed by atoms with Gasteiger partial charge in [-0.05, 0) is 30.3 Å². The van der Waals surface area contributed by atoms with Crippen molar-refractivity contribution >= 4 is 35.5 Å². The van der Waals surface area contributed by atoms with Crippen LogP contribution in [0.25, 0.3) is 0 Å². The molecule has 0 radical (unpaired) electrons. The van der Waals surface area contributed by atoms with E-state index in [1.807, 2.05) is 20.1 Å². The van der Waals surface area contributed by atoms with E-state index in [2.05, 4.69) is 25.9 Å². The van der Waals surface area contributed by atoms with Crippen LogP contribution in [0.4, 0.5) is 0 Å². The Hall–Kier alpha value is -2.60. The molecule has 3 amide bonds. The van der Waals surface area contributed by atoms with Gasteiger partial charge in [0.2, 0.25) is 17.7 Å². The number of aromatic nitrogens is 2. The van der Waals surface area contributed by atoms with E-state index < -0.39 is 47.9 Å². The molecule has 1 aromatic rings. The Morgan fingerprint density at radius 1 is 1.03 bits per heavy atom. The standard InChI is InChI=1S/C23H40N6O5S/c1-6-13(3)18(22(32)29-19(23(33)34)14(4)7-2)28-21(31)17(10-15-11-25-12-26-15)27-20(30)16(24)8-9-35-5/h11-14,16-19H,6-10,24H2,1-5H3,(H,25,26)(H,27,30)(H,28,31)(H,29,32)(H,33,34). The molecule has 7 N–H and O–H groups in total. The quantitative estimate of drug-likeness (QED) is 0.187. The topological polar surface area (TPSA) is 179 Å². The minimum atomic E-state index is -1.13. The molecule has 6 atom stereocenters. The molecule has 0 aromatic carbocycles. The van der Waals surface area contributed by atoms with E-state index in [0.717, 1.165) is 0 Å². The summed E-state index contributed by atoms with van der Waals surface area (Å²) < 4.78 is 0. The zero-order chi connectivity index (χ0) is 26.5. The van der Waals surface area contributed by atoms with Crippen molar-refractivity contribution in [3.05, 3.63) is 18.2 Å². The number of carbonyl (C=O) groups is 4. The average Bonchev–Trinajstić information content (AvgIpc) is 3.35. The number of hydrogen-bond donors (Lipinski definition) is 6. The summed E-state index contributed by atoms with van der Waals surface area (Å²) in [6.07, 6.45) is 6.62. The number of aliphatic carboxylic acids is 1. The molecule has 1 rings (SSSR count). The average molecular weight is 513 g/mol. The summed E-state index contributed by atoms with van der Waals surface area (Å²) in [6.45, 7) is 7.25. The zero-order valence-electron chi connectivity index (χ0n) is 21.2. The Balaban J connectivity index is 3.07. The van der Waals surface area contributed by atoms with E-state index in [4.69, 9.17) is 5.73 Å². The first-order chi connectivity index (χ1) is 16.5. The highest BCUT2D eigenvalue weighted by atomic mass is 32.2. The molecule has 0 bridgehead atoms. The van der Waals surface area contributed by atoms with Gasteiger partial charge in [-0.25, -0.2) is 9.78 Å². The summed E-state index contributed by atoms with van der Waals surface area (Å²) in [5.41, 5.74) is 6.59. The van der Waals surface area contributed by atoms with Gasteiger partial charge in [-0.2, -0.15) is 11.8 Å². The number of carbonyl (C=O) groups excluding carboxylic acids is 3. The van der Waals surface area contributed by atoms with Gasteiger partial charge in [-0.15, -0.1) is 0 Å². The largest absolute Gasteiger partial charge is 0.480 e. The van der Waals surface area contributed by atoms with Gasteiger partial charge < -0.3 is 31.8 Å². The Morgan fingerprint density at radius 2 is 1.63 bits per heavy atom. The van der Waals surface area contributed by atoms with Crippen LogP contribution in [0.15, 0.2) is 12.5 Å². The maximum absolute atomic E-state index is 13.3. The number of nitrogens with zero attached hydrogens (tertiary/aromatic N) is 1. The second-order valence-electron chi connectivity index (χ2n) is 8.81. The van der Waals surface area contributed by atoms with Crippen LogP contribution in [0.1, 0.15) is 52.7 Å². The van der Waals surface area contributed by atoms with Gasteiger partial charge in [0, 0.05) is 18.3 Å². The summed E-state index contributed by atoms with van der Waals surface area (Å²) in [5.74, 6) is -2.62. The lowest BCUT2D eigenvalue weighted by Crippen LogP contribution is -2.59. The lowest BCUT2D eigenvalue weighted by molar-refractivity contribution is -0.144. The second kappa shape index (κ2) is 15.4. The predicted octanol–water partition coefficient (Wildman–Crippen LogP) is 0.664. The van der Waals surface area contributed by atoms with Crippen LogP contribution in [-0.4, -0.2) is 74.9 Å². The molecule has 0 aliphatic carbocycles. The molecule has 0 saturated heterocycles. The van der Waals surface area contributed by atoms with E-state index >= 15 is 0 Å². The molecule has 6 unspecified atom stereocenters. The van der Waals surface area contributed by atoms with Crippen molar-refractivity contribution in [1.29, 1.82) is 0 Å². The number of carboxylic acid groups (broad SMARTS) is 1. The molecule has 11 nitrogen and oxygen atoms in total. The van der Waals surface area contributed by atoms with E-state index in [0.29, 0.717) is 30.7 Å². The Bertz CT molecular complexity index is 821. The molecule has 0 aliphatic heterocycles. The first-order valence-corrected chi connectivity index (χ1v) is 13.3. The highest BCUT2D eigenvalue weighted by Crippen LogP contribution is 2.13. The molecule has 35 heavy (non-hydrogen) atoms. The molecule has 12 heteroatoms. The van der Waals surface area contributed by atoms with Crippen LogP contribution < -0.4 is 21.7 Å². The lowest BCUT2D eigenvalue weighted by Gasteiger charge is -2.29. The maximum Gasteiger partial charge on any atom is 0.326 e. The Kier molecular flexibility index (Phi) is 13.4. The highest BCUT2D eigenvalue weighted by Gasteiger charge is 2.34. The number of nitrogens with one attached hydrogen (secondary N) is 4. The van der Waals surface area contributed by atoms with E-state index in [-0.39, 0.29) is 18.3 Å². The predicted molar refractivity (Wildman–Crippen MR) is 136 cm³/mol. The molecule has 1 heterocycles. The first kappa shape index (κ1) is 30.4. The summed E-state index contributed by atoms with van der Waals surface area (Å²) >= 11 is 1.57. The first-order valence-electron chi connectivity index (χ1n) is 11.9. The van der Waals surface area contributed by atoms with Crippen LogP contribution in [-0.2, 0) is 25.6 Å². The van der Waals surface area contributed by atoms with E-state index in [1.165, 1.54) is 6.33 Å². The molecule has 198 valence electrons. The number of thioether (sulfide) groups is 1. The molecule has 0 saturated carbocycles. The summed E-state index contributed by atoms with van der Waals surface area (Å²) in [4.78, 5) is 57.6. The number of imidazole rings is 1. The summed E-state index contributed by atoms with van der Waals surface area (Å²) in [7, 11) is 0. The third-order valence-electron chi connectivity index (χ3n) is 6.15. The third-order valence-corrected chi connectivity index (χ3v) is 6.80. The number of hydrogen-bond acceptors (Lipinski definition) is 7. The van der Waals surface area contributed by atoms with Crippen molar-refractivity contribution in [1.82, 2.24) is 25.9 Å². The van der Waals surface area contributed by atoms with Gasteiger partial charge in [-0.1, -0.05) is 40.5 Å². The van der Waals surface area contributed by atoms with Gasteiger partial charge in [0.1, 0.15) is 18.1 Å². The number of H-pyrrole nitrogens is 1. The normalized spacial score (nSPS) is 16.3. The van der Waals surface area contributed by atoms with Crippen molar-refractivity contribution in [3.8, 4) is 0 Å². The summed E-state index contributed by atoms with van der Waals surface area (Å²) in [5, 5.41) is 17.6. The fourth-order valence-electron chi connectivity index (χ4n) is 3.36. The number of amides is 3. The SMILES string of the molecule is CCC(C)C(NC(=O)C(NC(=O)C(Cc1cnc[nH]1)NC(=O)C(N)CCSC)C(C)CC)C(=O)O. The maximum atomic E-state index is 13.3. The number of aromatic amines is 1. The molecular weight excluding hydrogens is 472 g/mol. The fourth-order valence-corrected chi connectivity index (χ4v) is 3.85.